The summed E-state index contributed by atoms with van der Waals surface area (Å²) < 4.78 is 0. The Morgan fingerprint density at radius 2 is 2.00 bits per heavy atom. The van der Waals surface area contributed by atoms with Crippen molar-refractivity contribution in [3.63, 3.8) is 0 Å². The monoisotopic (exact) mass is 280 g/mol. The summed E-state index contributed by atoms with van der Waals surface area (Å²) in [5, 5.41) is 0. The molecule has 1 amide bonds. The molecule has 0 saturated heterocycles. The Morgan fingerprint density at radius 1 is 1.24 bits per heavy atom. The summed E-state index contributed by atoms with van der Waals surface area (Å²) in [6.07, 6.45) is 5.57. The van der Waals surface area contributed by atoms with E-state index >= 15 is 0 Å². The first kappa shape index (κ1) is 15.0. The largest absolute Gasteiger partial charge is 0.334 e. The van der Waals surface area contributed by atoms with E-state index in [2.05, 4.69) is 42.8 Å². The fourth-order valence-electron chi connectivity index (χ4n) is 2.11. The number of hydrogen-bond donors (Lipinski definition) is 0. The van der Waals surface area contributed by atoms with Gasteiger partial charge in [-0.3, -0.25) is 9.78 Å². The SMILES string of the molecule is C=CCN(Cc1ccc(C)cc1)C(=O)Cc1cccnc1. The maximum atomic E-state index is 12.4. The molecule has 0 N–H and O–H groups in total. The minimum atomic E-state index is 0.0866. The topological polar surface area (TPSA) is 33.2 Å². The normalized spacial score (nSPS) is 10.1. The van der Waals surface area contributed by atoms with Gasteiger partial charge in [-0.05, 0) is 24.1 Å². The maximum absolute atomic E-state index is 12.4. The van der Waals surface area contributed by atoms with Gasteiger partial charge in [0.25, 0.3) is 0 Å². The minimum Gasteiger partial charge on any atom is -0.334 e. The van der Waals surface area contributed by atoms with Gasteiger partial charge >= 0.3 is 0 Å². The average Bonchev–Trinajstić information content (AvgIpc) is 2.50. The molecule has 1 heterocycles. The first-order valence-electron chi connectivity index (χ1n) is 7.02. The predicted octanol–water partition coefficient (Wildman–Crippen LogP) is 3.15. The molecule has 1 aromatic heterocycles. The third-order valence-electron chi connectivity index (χ3n) is 3.27. The van der Waals surface area contributed by atoms with E-state index in [9.17, 15) is 4.79 Å². The fraction of sp³-hybridized carbons (Fsp3) is 0.222. The summed E-state index contributed by atoms with van der Waals surface area (Å²) in [6, 6.07) is 12.0. The van der Waals surface area contributed by atoms with Crippen molar-refractivity contribution in [3.8, 4) is 0 Å². The molecule has 1 aromatic carbocycles. The first-order valence-corrected chi connectivity index (χ1v) is 7.02. The molecule has 3 nitrogen and oxygen atoms in total. The lowest BCUT2D eigenvalue weighted by atomic mass is 10.1. The zero-order valence-corrected chi connectivity index (χ0v) is 12.3. The zero-order chi connectivity index (χ0) is 15.1. The number of hydrogen-bond acceptors (Lipinski definition) is 2. The second kappa shape index (κ2) is 7.39. The van der Waals surface area contributed by atoms with Gasteiger partial charge in [0.1, 0.15) is 0 Å². The Bertz CT molecular complexity index is 590. The molecule has 3 heteroatoms. The quantitative estimate of drug-likeness (QED) is 0.762. The minimum absolute atomic E-state index is 0.0866. The smallest absolute Gasteiger partial charge is 0.227 e. The van der Waals surface area contributed by atoms with E-state index in [1.54, 1.807) is 18.5 Å². The average molecular weight is 280 g/mol. The summed E-state index contributed by atoms with van der Waals surface area (Å²) in [5.74, 6) is 0.0866. The van der Waals surface area contributed by atoms with E-state index in [1.807, 2.05) is 17.0 Å². The van der Waals surface area contributed by atoms with Crippen LogP contribution in [0.15, 0.2) is 61.4 Å². The summed E-state index contributed by atoms with van der Waals surface area (Å²) in [4.78, 5) is 18.3. The number of nitrogens with zero attached hydrogens (tertiary/aromatic N) is 2. The number of carbonyl (C=O) groups is 1. The van der Waals surface area contributed by atoms with E-state index < -0.39 is 0 Å². The number of amides is 1. The third kappa shape index (κ3) is 4.56. The van der Waals surface area contributed by atoms with Crippen molar-refractivity contribution in [1.29, 1.82) is 0 Å². The fourth-order valence-corrected chi connectivity index (χ4v) is 2.11. The number of aromatic nitrogens is 1. The van der Waals surface area contributed by atoms with Gasteiger partial charge in [-0.1, -0.05) is 42.0 Å². The van der Waals surface area contributed by atoms with Gasteiger partial charge in [0.15, 0.2) is 0 Å². The van der Waals surface area contributed by atoms with Crippen LogP contribution in [0, 0.1) is 6.92 Å². The van der Waals surface area contributed by atoms with Gasteiger partial charge in [0.2, 0.25) is 5.91 Å². The van der Waals surface area contributed by atoms with Gasteiger partial charge in [-0.25, -0.2) is 0 Å². The molecular formula is C18H20N2O. The summed E-state index contributed by atoms with van der Waals surface area (Å²) in [7, 11) is 0. The van der Waals surface area contributed by atoms with E-state index in [0.29, 0.717) is 19.5 Å². The van der Waals surface area contributed by atoms with E-state index in [0.717, 1.165) is 11.1 Å². The predicted molar refractivity (Wildman–Crippen MR) is 84.7 cm³/mol. The Balaban J connectivity index is 2.05. The molecule has 21 heavy (non-hydrogen) atoms. The van der Waals surface area contributed by atoms with Crippen LogP contribution in [0.5, 0.6) is 0 Å². The highest BCUT2D eigenvalue weighted by Crippen LogP contribution is 2.09. The number of rotatable bonds is 6. The van der Waals surface area contributed by atoms with Gasteiger partial charge in [0, 0.05) is 25.5 Å². The van der Waals surface area contributed by atoms with Crippen LogP contribution >= 0.6 is 0 Å². The Hall–Kier alpha value is -2.42. The van der Waals surface area contributed by atoms with Crippen LogP contribution in [0.25, 0.3) is 0 Å². The first-order chi connectivity index (χ1) is 10.2. The molecule has 0 aliphatic heterocycles. The number of carbonyl (C=O) groups excluding carboxylic acids is 1. The molecule has 0 aliphatic rings. The second-order valence-corrected chi connectivity index (χ2v) is 5.09. The van der Waals surface area contributed by atoms with Gasteiger partial charge in [0.05, 0.1) is 6.42 Å². The van der Waals surface area contributed by atoms with Gasteiger partial charge in [-0.15, -0.1) is 6.58 Å². The number of pyridine rings is 1. The Kier molecular flexibility index (Phi) is 5.27. The molecule has 0 fully saturated rings. The standard InChI is InChI=1S/C18H20N2O/c1-3-11-20(14-16-8-6-15(2)7-9-16)18(21)12-17-5-4-10-19-13-17/h3-10,13H,1,11-12,14H2,2H3. The van der Waals surface area contributed by atoms with Crippen molar-refractivity contribution in [3.05, 3.63) is 78.1 Å². The maximum Gasteiger partial charge on any atom is 0.227 e. The lowest BCUT2D eigenvalue weighted by Gasteiger charge is -2.21. The molecule has 2 aromatic rings. The third-order valence-corrected chi connectivity index (χ3v) is 3.27. The van der Waals surface area contributed by atoms with Crippen LogP contribution in [-0.4, -0.2) is 22.3 Å². The van der Waals surface area contributed by atoms with Crippen molar-refractivity contribution in [1.82, 2.24) is 9.88 Å². The van der Waals surface area contributed by atoms with Crippen LogP contribution in [0.3, 0.4) is 0 Å². The van der Waals surface area contributed by atoms with E-state index in [4.69, 9.17) is 0 Å². The van der Waals surface area contributed by atoms with E-state index in [1.165, 1.54) is 5.56 Å². The van der Waals surface area contributed by atoms with Gasteiger partial charge < -0.3 is 4.90 Å². The molecule has 2 rings (SSSR count). The van der Waals surface area contributed by atoms with Crippen LogP contribution in [0.1, 0.15) is 16.7 Å². The molecule has 0 radical (unpaired) electrons. The van der Waals surface area contributed by atoms with Crippen molar-refractivity contribution < 1.29 is 4.79 Å². The molecule has 0 atom stereocenters. The van der Waals surface area contributed by atoms with Crippen molar-refractivity contribution in [2.75, 3.05) is 6.54 Å². The summed E-state index contributed by atoms with van der Waals surface area (Å²) in [5.41, 5.74) is 3.28. The number of aryl methyl sites for hydroxylation is 1. The van der Waals surface area contributed by atoms with E-state index in [-0.39, 0.29) is 5.91 Å². The highest BCUT2D eigenvalue weighted by atomic mass is 16.2. The molecule has 0 unspecified atom stereocenters. The Morgan fingerprint density at radius 3 is 2.62 bits per heavy atom. The van der Waals surface area contributed by atoms with Crippen molar-refractivity contribution in [2.24, 2.45) is 0 Å². The second-order valence-electron chi connectivity index (χ2n) is 5.09. The summed E-state index contributed by atoms with van der Waals surface area (Å²) in [6.45, 7) is 6.94. The molecule has 108 valence electrons. The Labute approximate surface area is 125 Å². The molecule has 0 saturated carbocycles. The number of benzene rings is 1. The lowest BCUT2D eigenvalue weighted by molar-refractivity contribution is -0.130. The molecule has 0 spiro atoms. The highest BCUT2D eigenvalue weighted by Gasteiger charge is 2.13. The lowest BCUT2D eigenvalue weighted by Crippen LogP contribution is -2.32. The highest BCUT2D eigenvalue weighted by molar-refractivity contribution is 5.78. The summed E-state index contributed by atoms with van der Waals surface area (Å²) >= 11 is 0. The molecular weight excluding hydrogens is 260 g/mol. The van der Waals surface area contributed by atoms with Gasteiger partial charge in [-0.2, -0.15) is 0 Å². The van der Waals surface area contributed by atoms with Crippen LogP contribution < -0.4 is 0 Å². The van der Waals surface area contributed by atoms with Crippen molar-refractivity contribution in [2.45, 2.75) is 19.9 Å². The van der Waals surface area contributed by atoms with Crippen LogP contribution in [0.2, 0.25) is 0 Å². The van der Waals surface area contributed by atoms with Crippen LogP contribution in [0.4, 0.5) is 0 Å². The zero-order valence-electron chi connectivity index (χ0n) is 12.3. The molecule has 0 aliphatic carbocycles. The molecule has 0 bridgehead atoms. The van der Waals surface area contributed by atoms with Crippen LogP contribution in [-0.2, 0) is 17.8 Å². The van der Waals surface area contributed by atoms with Crippen molar-refractivity contribution >= 4 is 5.91 Å².